The number of hydrogen-bond acceptors (Lipinski definition) is 3. The lowest BCUT2D eigenvalue weighted by atomic mass is 10.1. The van der Waals surface area contributed by atoms with Crippen LogP contribution in [0, 0.1) is 6.92 Å². The van der Waals surface area contributed by atoms with Gasteiger partial charge in [0.15, 0.2) is 0 Å². The molecule has 0 radical (unpaired) electrons. The van der Waals surface area contributed by atoms with Gasteiger partial charge in [-0.2, -0.15) is 5.10 Å². The number of aromatic nitrogens is 2. The first kappa shape index (κ1) is 15.0. The van der Waals surface area contributed by atoms with E-state index in [0.29, 0.717) is 6.04 Å². The molecule has 1 aromatic heterocycles. The van der Waals surface area contributed by atoms with Gasteiger partial charge in [-0.1, -0.05) is 13.3 Å². The first-order chi connectivity index (χ1) is 10.2. The molecule has 2 aliphatic rings. The summed E-state index contributed by atoms with van der Waals surface area (Å²) in [7, 11) is 0. The van der Waals surface area contributed by atoms with Crippen molar-refractivity contribution in [1.29, 1.82) is 0 Å². The third-order valence-electron chi connectivity index (χ3n) is 5.23. The highest BCUT2D eigenvalue weighted by Gasteiger charge is 2.34. The van der Waals surface area contributed by atoms with Crippen LogP contribution in [-0.2, 0) is 13.1 Å². The fourth-order valence-corrected chi connectivity index (χ4v) is 3.84. The molecule has 2 saturated heterocycles. The molecule has 0 spiro atoms. The Kier molecular flexibility index (Phi) is 4.65. The van der Waals surface area contributed by atoms with Crippen LogP contribution in [0.15, 0.2) is 6.20 Å². The van der Waals surface area contributed by atoms with Crippen molar-refractivity contribution < 1.29 is 0 Å². The lowest BCUT2D eigenvalue weighted by Crippen LogP contribution is -2.54. The molecular weight excluding hydrogens is 260 g/mol. The molecule has 0 bridgehead atoms. The van der Waals surface area contributed by atoms with Gasteiger partial charge in [0.25, 0.3) is 0 Å². The molecule has 0 amide bonds. The summed E-state index contributed by atoms with van der Waals surface area (Å²) in [5.41, 5.74) is 2.64. The second-order valence-electron chi connectivity index (χ2n) is 6.93. The van der Waals surface area contributed by atoms with E-state index < -0.39 is 0 Å². The fraction of sp³-hybridized carbons (Fsp3) is 0.824. The van der Waals surface area contributed by atoms with E-state index in [1.807, 2.05) is 0 Å². The first-order valence-corrected chi connectivity index (χ1v) is 8.68. The third kappa shape index (κ3) is 3.32. The maximum Gasteiger partial charge on any atom is 0.0638 e. The number of aryl methyl sites for hydroxylation is 2. The summed E-state index contributed by atoms with van der Waals surface area (Å²) in [4.78, 5) is 5.36. The molecule has 0 aromatic carbocycles. The van der Waals surface area contributed by atoms with Crippen molar-refractivity contribution in [1.82, 2.24) is 19.6 Å². The van der Waals surface area contributed by atoms with Crippen LogP contribution >= 0.6 is 0 Å². The second-order valence-corrected chi connectivity index (χ2v) is 6.93. The average Bonchev–Trinajstić information content (AvgIpc) is 3.04. The Balaban J connectivity index is 1.64. The SMILES string of the molecule is CCCCn1cc(CN2CC3CCCN3C[C@H]2C)c(C)n1. The van der Waals surface area contributed by atoms with Crippen LogP contribution in [0.5, 0.6) is 0 Å². The summed E-state index contributed by atoms with van der Waals surface area (Å²) in [5.74, 6) is 0. The highest BCUT2D eigenvalue weighted by atomic mass is 15.3. The van der Waals surface area contributed by atoms with Gasteiger partial charge in [-0.25, -0.2) is 0 Å². The minimum atomic E-state index is 0.665. The lowest BCUT2D eigenvalue weighted by molar-refractivity contribution is 0.0539. The standard InChI is InChI=1S/C17H30N4/c1-4-5-9-21-12-16(15(3)18-21)11-20-13-17-7-6-8-19(17)10-14(20)2/h12,14,17H,4-11,13H2,1-3H3/t14-,17?/m1/s1. The van der Waals surface area contributed by atoms with Gasteiger partial charge in [0.2, 0.25) is 0 Å². The molecule has 4 nitrogen and oxygen atoms in total. The fourth-order valence-electron chi connectivity index (χ4n) is 3.84. The highest BCUT2D eigenvalue weighted by Crippen LogP contribution is 2.26. The predicted molar refractivity (Wildman–Crippen MR) is 86.3 cm³/mol. The molecule has 3 heterocycles. The van der Waals surface area contributed by atoms with Crippen LogP contribution < -0.4 is 0 Å². The van der Waals surface area contributed by atoms with Gasteiger partial charge in [-0.05, 0) is 39.7 Å². The molecule has 118 valence electrons. The van der Waals surface area contributed by atoms with Crippen molar-refractivity contribution in [2.45, 2.75) is 71.6 Å². The lowest BCUT2D eigenvalue weighted by Gasteiger charge is -2.42. The molecule has 2 aliphatic heterocycles. The van der Waals surface area contributed by atoms with Crippen molar-refractivity contribution in [2.24, 2.45) is 0 Å². The largest absolute Gasteiger partial charge is 0.298 e. The molecule has 2 atom stereocenters. The van der Waals surface area contributed by atoms with Crippen LogP contribution in [-0.4, -0.2) is 51.3 Å². The Bertz CT molecular complexity index is 467. The average molecular weight is 290 g/mol. The van der Waals surface area contributed by atoms with Gasteiger partial charge in [-0.15, -0.1) is 0 Å². The summed E-state index contributed by atoms with van der Waals surface area (Å²) < 4.78 is 2.14. The zero-order chi connectivity index (χ0) is 14.8. The first-order valence-electron chi connectivity index (χ1n) is 8.68. The normalized spacial score (nSPS) is 27.2. The number of rotatable bonds is 5. The van der Waals surface area contributed by atoms with Gasteiger partial charge >= 0.3 is 0 Å². The molecule has 4 heteroatoms. The van der Waals surface area contributed by atoms with E-state index in [1.165, 1.54) is 56.6 Å². The van der Waals surface area contributed by atoms with E-state index in [4.69, 9.17) is 0 Å². The van der Waals surface area contributed by atoms with E-state index in [0.717, 1.165) is 19.1 Å². The van der Waals surface area contributed by atoms with E-state index >= 15 is 0 Å². The Labute approximate surface area is 129 Å². The second kappa shape index (κ2) is 6.49. The van der Waals surface area contributed by atoms with Crippen LogP contribution in [0.3, 0.4) is 0 Å². The maximum absolute atomic E-state index is 4.68. The van der Waals surface area contributed by atoms with E-state index in [-0.39, 0.29) is 0 Å². The number of piperazine rings is 1. The van der Waals surface area contributed by atoms with Gasteiger partial charge in [-0.3, -0.25) is 14.5 Å². The van der Waals surface area contributed by atoms with Gasteiger partial charge < -0.3 is 0 Å². The Hall–Kier alpha value is -0.870. The predicted octanol–water partition coefficient (Wildman–Crippen LogP) is 2.66. The Morgan fingerprint density at radius 2 is 2.19 bits per heavy atom. The van der Waals surface area contributed by atoms with Crippen LogP contribution in [0.4, 0.5) is 0 Å². The molecule has 1 aromatic rings. The van der Waals surface area contributed by atoms with E-state index in [1.54, 1.807) is 0 Å². The van der Waals surface area contributed by atoms with Crippen molar-refractivity contribution in [3.05, 3.63) is 17.5 Å². The summed E-state index contributed by atoms with van der Waals surface area (Å²) in [6.07, 6.45) is 7.50. The summed E-state index contributed by atoms with van der Waals surface area (Å²) in [6, 6.07) is 1.47. The maximum atomic E-state index is 4.68. The molecule has 0 aliphatic carbocycles. The Morgan fingerprint density at radius 1 is 1.33 bits per heavy atom. The van der Waals surface area contributed by atoms with Crippen molar-refractivity contribution in [2.75, 3.05) is 19.6 Å². The number of hydrogen-bond donors (Lipinski definition) is 0. The van der Waals surface area contributed by atoms with Crippen molar-refractivity contribution >= 4 is 0 Å². The van der Waals surface area contributed by atoms with Crippen LogP contribution in [0.25, 0.3) is 0 Å². The molecule has 0 saturated carbocycles. The minimum absolute atomic E-state index is 0.665. The molecular formula is C17H30N4. The zero-order valence-corrected chi connectivity index (χ0v) is 13.9. The number of unbranched alkanes of at least 4 members (excludes halogenated alkanes) is 1. The molecule has 0 N–H and O–H groups in total. The van der Waals surface area contributed by atoms with Crippen LogP contribution in [0.2, 0.25) is 0 Å². The van der Waals surface area contributed by atoms with Crippen molar-refractivity contribution in [3.63, 3.8) is 0 Å². The summed E-state index contributed by atoms with van der Waals surface area (Å²) in [6.45, 7) is 12.7. The molecule has 2 fully saturated rings. The van der Waals surface area contributed by atoms with Crippen molar-refractivity contribution in [3.8, 4) is 0 Å². The zero-order valence-electron chi connectivity index (χ0n) is 13.9. The van der Waals surface area contributed by atoms with E-state index in [2.05, 4.69) is 46.5 Å². The quantitative estimate of drug-likeness (QED) is 0.833. The van der Waals surface area contributed by atoms with Gasteiger partial charge in [0.1, 0.15) is 0 Å². The van der Waals surface area contributed by atoms with E-state index in [9.17, 15) is 0 Å². The monoisotopic (exact) mass is 290 g/mol. The molecule has 1 unspecified atom stereocenters. The van der Waals surface area contributed by atoms with Gasteiger partial charge in [0, 0.05) is 50.0 Å². The number of fused-ring (bicyclic) bond motifs is 1. The summed E-state index contributed by atoms with van der Waals surface area (Å²) >= 11 is 0. The number of nitrogens with zero attached hydrogens (tertiary/aromatic N) is 4. The molecule has 3 rings (SSSR count). The van der Waals surface area contributed by atoms with Gasteiger partial charge in [0.05, 0.1) is 5.69 Å². The molecule has 21 heavy (non-hydrogen) atoms. The smallest absolute Gasteiger partial charge is 0.0638 e. The van der Waals surface area contributed by atoms with Crippen LogP contribution in [0.1, 0.15) is 50.8 Å². The Morgan fingerprint density at radius 3 is 3.00 bits per heavy atom. The topological polar surface area (TPSA) is 24.3 Å². The minimum Gasteiger partial charge on any atom is -0.298 e. The highest BCUT2D eigenvalue weighted by molar-refractivity contribution is 5.16. The summed E-state index contributed by atoms with van der Waals surface area (Å²) in [5, 5.41) is 4.68. The third-order valence-corrected chi connectivity index (χ3v) is 5.23.